The average Bonchev–Trinajstić information content (AvgIpc) is 2.49. The van der Waals surface area contributed by atoms with Crippen molar-refractivity contribution in [1.82, 2.24) is 15.0 Å². The lowest BCUT2D eigenvalue weighted by atomic mass is 10.5. The zero-order chi connectivity index (χ0) is 15.5. The van der Waals surface area contributed by atoms with Crippen LogP contribution >= 0.6 is 0 Å². The van der Waals surface area contributed by atoms with E-state index in [1.54, 1.807) is 6.07 Å². The van der Waals surface area contributed by atoms with Gasteiger partial charge in [-0.3, -0.25) is 4.79 Å². The van der Waals surface area contributed by atoms with Crippen molar-refractivity contribution in [3.63, 3.8) is 0 Å². The molecule has 0 unspecified atom stereocenters. The molecule has 0 saturated heterocycles. The van der Waals surface area contributed by atoms with Crippen LogP contribution in [0.1, 0.15) is 12.2 Å². The third-order valence-electron chi connectivity index (χ3n) is 2.06. The Morgan fingerprint density at radius 2 is 1.71 bits per heavy atom. The van der Waals surface area contributed by atoms with Crippen LogP contribution in [0.3, 0.4) is 0 Å². The molecule has 0 aliphatic heterocycles. The van der Waals surface area contributed by atoms with Gasteiger partial charge in [-0.15, -0.1) is 0 Å². The van der Waals surface area contributed by atoms with E-state index in [0.29, 0.717) is 0 Å². The second-order valence-electron chi connectivity index (χ2n) is 3.70. The minimum absolute atomic E-state index is 0.0996. The molecule has 0 fully saturated rings. The number of nitrogens with zero attached hydrogens (tertiary/aromatic N) is 4. The van der Waals surface area contributed by atoms with E-state index in [1.165, 1.54) is 0 Å². The molecule has 21 heavy (non-hydrogen) atoms. The second kappa shape index (κ2) is 9.40. The standard InChI is InChI=1S/C11H16N6O4/c12-2-1-9(20)21-7-8-15-10(13-3-5-18)17-11(16-8)14-4-6-19/h18-19H,1,3-7H2,(H2,13,14,15,16,17). The topological polar surface area (TPSA) is 153 Å². The highest BCUT2D eigenvalue weighted by molar-refractivity contribution is 5.71. The summed E-state index contributed by atoms with van der Waals surface area (Å²) in [6, 6.07) is 1.67. The Balaban J connectivity index is 2.75. The van der Waals surface area contributed by atoms with Crippen molar-refractivity contribution in [1.29, 1.82) is 5.26 Å². The molecule has 1 aromatic heterocycles. The van der Waals surface area contributed by atoms with Crippen LogP contribution in [0.2, 0.25) is 0 Å². The van der Waals surface area contributed by atoms with Crippen LogP contribution in [0, 0.1) is 11.3 Å². The first-order chi connectivity index (χ1) is 10.2. The summed E-state index contributed by atoms with van der Waals surface area (Å²) in [4.78, 5) is 23.1. The highest BCUT2D eigenvalue weighted by atomic mass is 16.5. The largest absolute Gasteiger partial charge is 0.457 e. The number of nitriles is 1. The van der Waals surface area contributed by atoms with Crippen LogP contribution in [-0.2, 0) is 16.1 Å². The van der Waals surface area contributed by atoms with E-state index in [-0.39, 0.29) is 57.1 Å². The summed E-state index contributed by atoms with van der Waals surface area (Å²) in [5, 5.41) is 31.4. The Kier molecular flexibility index (Phi) is 7.41. The quantitative estimate of drug-likeness (QED) is 0.401. The van der Waals surface area contributed by atoms with Gasteiger partial charge in [-0.25, -0.2) is 0 Å². The molecule has 0 aliphatic rings. The van der Waals surface area contributed by atoms with Gasteiger partial charge < -0.3 is 25.6 Å². The summed E-state index contributed by atoms with van der Waals surface area (Å²) >= 11 is 0. The van der Waals surface area contributed by atoms with Crippen molar-refractivity contribution in [2.75, 3.05) is 36.9 Å². The number of hydrogen-bond acceptors (Lipinski definition) is 10. The van der Waals surface area contributed by atoms with Crippen molar-refractivity contribution in [2.45, 2.75) is 13.0 Å². The van der Waals surface area contributed by atoms with Crippen molar-refractivity contribution >= 4 is 17.9 Å². The maximum atomic E-state index is 11.1. The van der Waals surface area contributed by atoms with Crippen LogP contribution in [0.15, 0.2) is 0 Å². The van der Waals surface area contributed by atoms with E-state index < -0.39 is 5.97 Å². The van der Waals surface area contributed by atoms with E-state index in [4.69, 9.17) is 20.2 Å². The molecule has 0 saturated carbocycles. The fraction of sp³-hybridized carbons (Fsp3) is 0.545. The SMILES string of the molecule is N#CCC(=O)OCc1nc(NCCO)nc(NCCO)n1. The smallest absolute Gasteiger partial charge is 0.320 e. The third kappa shape index (κ3) is 6.46. The Morgan fingerprint density at radius 3 is 2.19 bits per heavy atom. The summed E-state index contributed by atoms with van der Waals surface area (Å²) < 4.78 is 4.82. The van der Waals surface area contributed by atoms with E-state index >= 15 is 0 Å². The Labute approximate surface area is 120 Å². The number of carbonyl (C=O) groups excluding carboxylic acids is 1. The van der Waals surface area contributed by atoms with Gasteiger partial charge in [-0.1, -0.05) is 0 Å². The lowest BCUT2D eigenvalue weighted by Crippen LogP contribution is -2.16. The highest BCUT2D eigenvalue weighted by Gasteiger charge is 2.09. The third-order valence-corrected chi connectivity index (χ3v) is 2.06. The first-order valence-corrected chi connectivity index (χ1v) is 6.16. The van der Waals surface area contributed by atoms with Gasteiger partial charge in [0.05, 0.1) is 19.3 Å². The van der Waals surface area contributed by atoms with Crippen LogP contribution in [0.25, 0.3) is 0 Å². The molecule has 10 heteroatoms. The number of ether oxygens (including phenoxy) is 1. The lowest BCUT2D eigenvalue weighted by molar-refractivity contribution is -0.143. The van der Waals surface area contributed by atoms with Crippen LogP contribution in [0.5, 0.6) is 0 Å². The van der Waals surface area contributed by atoms with Gasteiger partial charge in [-0.05, 0) is 0 Å². The molecule has 0 radical (unpaired) electrons. The number of hydrogen-bond donors (Lipinski definition) is 4. The first-order valence-electron chi connectivity index (χ1n) is 6.16. The molecule has 1 heterocycles. The number of esters is 1. The lowest BCUT2D eigenvalue weighted by Gasteiger charge is -2.09. The first kappa shape index (κ1) is 16.5. The molecule has 4 N–H and O–H groups in total. The van der Waals surface area contributed by atoms with Gasteiger partial charge in [0.2, 0.25) is 11.9 Å². The molecule has 0 atom stereocenters. The van der Waals surface area contributed by atoms with Gasteiger partial charge in [-0.2, -0.15) is 20.2 Å². The number of nitrogens with one attached hydrogen (secondary N) is 2. The molecule has 10 nitrogen and oxygen atoms in total. The number of rotatable bonds is 9. The molecule has 0 spiro atoms. The van der Waals surface area contributed by atoms with Gasteiger partial charge in [0.1, 0.15) is 6.42 Å². The summed E-state index contributed by atoms with van der Waals surface area (Å²) in [5.74, 6) is -0.0959. The molecule has 0 bridgehead atoms. The zero-order valence-electron chi connectivity index (χ0n) is 11.2. The fourth-order valence-corrected chi connectivity index (χ4v) is 1.24. The fourth-order valence-electron chi connectivity index (χ4n) is 1.24. The minimum Gasteiger partial charge on any atom is -0.457 e. The van der Waals surface area contributed by atoms with Gasteiger partial charge in [0.15, 0.2) is 12.4 Å². The molecule has 1 aromatic rings. The molecular weight excluding hydrogens is 280 g/mol. The number of aliphatic hydroxyl groups is 2. The van der Waals surface area contributed by atoms with E-state index in [1.807, 2.05) is 0 Å². The highest BCUT2D eigenvalue weighted by Crippen LogP contribution is 2.06. The molecule has 0 amide bonds. The van der Waals surface area contributed by atoms with Crippen molar-refractivity contribution < 1.29 is 19.7 Å². The second-order valence-corrected chi connectivity index (χ2v) is 3.70. The molecule has 0 aromatic carbocycles. The van der Waals surface area contributed by atoms with Crippen LogP contribution < -0.4 is 10.6 Å². The molecule has 114 valence electrons. The monoisotopic (exact) mass is 296 g/mol. The zero-order valence-corrected chi connectivity index (χ0v) is 11.2. The number of aromatic nitrogens is 3. The van der Waals surface area contributed by atoms with Crippen molar-refractivity contribution in [2.24, 2.45) is 0 Å². The van der Waals surface area contributed by atoms with E-state index in [0.717, 1.165) is 0 Å². The van der Waals surface area contributed by atoms with Crippen molar-refractivity contribution in [3.8, 4) is 6.07 Å². The minimum atomic E-state index is -0.673. The normalized spacial score (nSPS) is 9.76. The average molecular weight is 296 g/mol. The van der Waals surface area contributed by atoms with Gasteiger partial charge >= 0.3 is 5.97 Å². The Bertz CT molecular complexity index is 478. The number of carbonyl (C=O) groups is 1. The summed E-state index contributed by atoms with van der Waals surface area (Å²) in [6.07, 6.45) is -0.351. The van der Waals surface area contributed by atoms with Crippen LogP contribution in [0.4, 0.5) is 11.9 Å². The number of aliphatic hydroxyl groups excluding tert-OH is 2. The van der Waals surface area contributed by atoms with Crippen LogP contribution in [-0.4, -0.2) is 57.4 Å². The Hall–Kier alpha value is -2.51. The van der Waals surface area contributed by atoms with Crippen molar-refractivity contribution in [3.05, 3.63) is 5.82 Å². The summed E-state index contributed by atoms with van der Waals surface area (Å²) in [6.45, 7) is 0.0913. The molecule has 1 rings (SSSR count). The summed E-state index contributed by atoms with van der Waals surface area (Å²) in [5.41, 5.74) is 0. The Morgan fingerprint density at radius 1 is 1.14 bits per heavy atom. The summed E-state index contributed by atoms with van der Waals surface area (Å²) in [7, 11) is 0. The predicted molar refractivity (Wildman–Crippen MR) is 71.0 cm³/mol. The maximum absolute atomic E-state index is 11.1. The van der Waals surface area contributed by atoms with E-state index in [9.17, 15) is 4.79 Å². The van der Waals surface area contributed by atoms with Gasteiger partial charge in [0, 0.05) is 13.1 Å². The predicted octanol–water partition coefficient (Wildman–Crippen LogP) is -1.36. The number of anilines is 2. The maximum Gasteiger partial charge on any atom is 0.320 e. The molecule has 0 aliphatic carbocycles. The molecular formula is C11H16N6O4. The van der Waals surface area contributed by atoms with E-state index in [2.05, 4.69) is 25.6 Å². The van der Waals surface area contributed by atoms with Gasteiger partial charge in [0.25, 0.3) is 0 Å².